The molecule has 0 fully saturated rings. The number of benzene rings is 2. The molecule has 180 valence electrons. The molecular weight excluding hydrogens is 442 g/mol. The molecule has 2 aromatic carbocycles. The molecule has 0 bridgehead atoms. The number of nitrogens with one attached hydrogen (secondary N) is 2. The van der Waals surface area contributed by atoms with Crippen LogP contribution in [0.4, 0.5) is 8.78 Å². The standard InChI is InChI=1S/C26H34F2N2O2S/c1-16(2)4-5-18-6-7-25-22(12-18)23(8-9-32-25)29-15-26(33)24(30-17(3)31)13-19-10-20(27)14-21(28)11-19/h6-7,10-12,14,16,23-24,26,29,33H,4-5,8-9,13,15H2,1-3H3,(H,30,31)/t23-,24-,26+/m0/s1. The summed E-state index contributed by atoms with van der Waals surface area (Å²) in [6.07, 6.45) is 3.28. The number of hydrogen-bond donors (Lipinski definition) is 3. The van der Waals surface area contributed by atoms with Gasteiger partial charge in [-0.25, -0.2) is 8.78 Å². The van der Waals surface area contributed by atoms with Gasteiger partial charge in [-0.3, -0.25) is 4.79 Å². The molecular formula is C26H34F2N2O2S. The van der Waals surface area contributed by atoms with E-state index in [1.807, 2.05) is 0 Å². The number of rotatable bonds is 10. The van der Waals surface area contributed by atoms with Gasteiger partial charge >= 0.3 is 0 Å². The second-order valence-electron chi connectivity index (χ2n) is 9.26. The number of hydrogen-bond acceptors (Lipinski definition) is 4. The molecule has 4 nitrogen and oxygen atoms in total. The Morgan fingerprint density at radius 3 is 2.55 bits per heavy atom. The zero-order valence-corrected chi connectivity index (χ0v) is 20.4. The van der Waals surface area contributed by atoms with Crippen LogP contribution in [0.1, 0.15) is 56.3 Å². The summed E-state index contributed by atoms with van der Waals surface area (Å²) < 4.78 is 33.1. The van der Waals surface area contributed by atoms with E-state index in [0.717, 1.165) is 36.6 Å². The third kappa shape index (κ3) is 7.71. The van der Waals surface area contributed by atoms with Crippen LogP contribution >= 0.6 is 12.6 Å². The van der Waals surface area contributed by atoms with Gasteiger partial charge in [-0.05, 0) is 54.5 Å². The maximum absolute atomic E-state index is 13.6. The summed E-state index contributed by atoms with van der Waals surface area (Å²) in [6, 6.07) is 9.57. The minimum Gasteiger partial charge on any atom is -0.493 e. The number of carbonyl (C=O) groups is 1. The fourth-order valence-electron chi connectivity index (χ4n) is 4.20. The molecule has 2 aromatic rings. The Labute approximate surface area is 200 Å². The molecule has 2 N–H and O–H groups in total. The van der Waals surface area contributed by atoms with E-state index in [1.165, 1.54) is 24.6 Å². The summed E-state index contributed by atoms with van der Waals surface area (Å²) in [7, 11) is 0. The Hall–Kier alpha value is -2.12. The first-order valence-corrected chi connectivity index (χ1v) is 12.1. The van der Waals surface area contributed by atoms with Gasteiger partial charge in [0, 0.05) is 48.9 Å². The minimum atomic E-state index is -0.632. The summed E-state index contributed by atoms with van der Waals surface area (Å²) in [6.45, 7) is 7.03. The van der Waals surface area contributed by atoms with Crippen LogP contribution in [0.5, 0.6) is 5.75 Å². The van der Waals surface area contributed by atoms with Crippen molar-refractivity contribution in [1.82, 2.24) is 10.6 Å². The van der Waals surface area contributed by atoms with Crippen LogP contribution in [0.25, 0.3) is 0 Å². The Kier molecular flexibility index (Phi) is 9.15. The van der Waals surface area contributed by atoms with Crippen LogP contribution < -0.4 is 15.4 Å². The van der Waals surface area contributed by atoms with Gasteiger partial charge in [-0.2, -0.15) is 12.6 Å². The van der Waals surface area contributed by atoms with Crippen molar-refractivity contribution in [2.24, 2.45) is 5.92 Å². The zero-order chi connectivity index (χ0) is 24.0. The van der Waals surface area contributed by atoms with Gasteiger partial charge in [-0.1, -0.05) is 26.0 Å². The smallest absolute Gasteiger partial charge is 0.217 e. The summed E-state index contributed by atoms with van der Waals surface area (Å²) in [4.78, 5) is 11.8. The molecule has 1 heterocycles. The van der Waals surface area contributed by atoms with Crippen LogP contribution in [0, 0.1) is 17.6 Å². The lowest BCUT2D eigenvalue weighted by molar-refractivity contribution is -0.119. The summed E-state index contributed by atoms with van der Waals surface area (Å²) in [5.74, 6) is 0.0759. The summed E-state index contributed by atoms with van der Waals surface area (Å²) >= 11 is 4.73. The zero-order valence-electron chi connectivity index (χ0n) is 19.5. The minimum absolute atomic E-state index is 0.118. The monoisotopic (exact) mass is 476 g/mol. The van der Waals surface area contributed by atoms with Gasteiger partial charge in [0.1, 0.15) is 17.4 Å². The van der Waals surface area contributed by atoms with Crippen molar-refractivity contribution in [1.29, 1.82) is 0 Å². The second-order valence-corrected chi connectivity index (χ2v) is 9.92. The number of halogens is 2. The van der Waals surface area contributed by atoms with Crippen molar-refractivity contribution < 1.29 is 18.3 Å². The lowest BCUT2D eigenvalue weighted by Crippen LogP contribution is -2.46. The molecule has 0 aliphatic carbocycles. The first-order valence-electron chi connectivity index (χ1n) is 11.6. The molecule has 0 spiro atoms. The second kappa shape index (κ2) is 11.8. The van der Waals surface area contributed by atoms with Crippen LogP contribution in [-0.2, 0) is 17.6 Å². The van der Waals surface area contributed by atoms with E-state index in [9.17, 15) is 13.6 Å². The van der Waals surface area contributed by atoms with E-state index in [0.29, 0.717) is 24.6 Å². The molecule has 1 aliphatic rings. The van der Waals surface area contributed by atoms with Crippen LogP contribution in [0.3, 0.4) is 0 Å². The van der Waals surface area contributed by atoms with Gasteiger partial charge in [0.05, 0.1) is 6.61 Å². The largest absolute Gasteiger partial charge is 0.493 e. The lowest BCUT2D eigenvalue weighted by atomic mass is 9.95. The van der Waals surface area contributed by atoms with Gasteiger partial charge in [-0.15, -0.1) is 0 Å². The number of carbonyl (C=O) groups excluding carboxylic acids is 1. The van der Waals surface area contributed by atoms with Crippen molar-refractivity contribution in [3.05, 3.63) is 64.7 Å². The van der Waals surface area contributed by atoms with E-state index in [4.69, 9.17) is 17.4 Å². The topological polar surface area (TPSA) is 50.4 Å². The summed E-state index contributed by atoms with van der Waals surface area (Å²) in [5, 5.41) is 6.21. The predicted octanol–water partition coefficient (Wildman–Crippen LogP) is 5.01. The fourth-order valence-corrected chi connectivity index (χ4v) is 4.48. The normalized spacial score (nSPS) is 17.2. The highest BCUT2D eigenvalue weighted by Gasteiger charge is 2.25. The van der Waals surface area contributed by atoms with E-state index >= 15 is 0 Å². The quantitative estimate of drug-likeness (QED) is 0.423. The number of ether oxygens (including phenoxy) is 1. The third-order valence-corrected chi connectivity index (χ3v) is 6.47. The first-order chi connectivity index (χ1) is 15.7. The van der Waals surface area contributed by atoms with Crippen molar-refractivity contribution in [2.75, 3.05) is 13.2 Å². The number of amides is 1. The molecule has 3 rings (SSSR count). The first kappa shape index (κ1) is 25.5. The third-order valence-electron chi connectivity index (χ3n) is 5.93. The van der Waals surface area contributed by atoms with Crippen molar-refractivity contribution in [2.45, 2.75) is 63.8 Å². The highest BCUT2D eigenvalue weighted by atomic mass is 32.1. The van der Waals surface area contributed by atoms with Crippen molar-refractivity contribution in [3.8, 4) is 5.75 Å². The summed E-state index contributed by atoms with van der Waals surface area (Å²) in [5.41, 5.74) is 2.93. The molecule has 1 aliphatic heterocycles. The highest BCUT2D eigenvalue weighted by molar-refractivity contribution is 7.81. The van der Waals surface area contributed by atoms with Gasteiger partial charge in [0.15, 0.2) is 0 Å². The molecule has 0 saturated carbocycles. The van der Waals surface area contributed by atoms with Crippen LogP contribution in [-0.4, -0.2) is 30.4 Å². The number of aryl methyl sites for hydroxylation is 1. The Balaban J connectivity index is 1.68. The van der Waals surface area contributed by atoms with E-state index in [2.05, 4.69) is 42.7 Å². The van der Waals surface area contributed by atoms with E-state index in [-0.39, 0.29) is 29.7 Å². The number of thiol groups is 1. The van der Waals surface area contributed by atoms with Gasteiger partial charge in [0.2, 0.25) is 5.91 Å². The average Bonchev–Trinajstić information content (AvgIpc) is 2.74. The lowest BCUT2D eigenvalue weighted by Gasteiger charge is -2.30. The molecule has 0 radical (unpaired) electrons. The average molecular weight is 477 g/mol. The molecule has 0 unspecified atom stereocenters. The SMILES string of the molecule is CC(=O)N[C@@H](Cc1cc(F)cc(F)c1)[C@H](S)CN[C@H]1CCOc2ccc(CCC(C)C)cc21. The highest BCUT2D eigenvalue weighted by Crippen LogP contribution is 2.33. The molecule has 0 aromatic heterocycles. The number of fused-ring (bicyclic) bond motifs is 1. The van der Waals surface area contributed by atoms with Crippen molar-refractivity contribution >= 4 is 18.5 Å². The van der Waals surface area contributed by atoms with Gasteiger partial charge < -0.3 is 15.4 Å². The Morgan fingerprint density at radius 1 is 1.15 bits per heavy atom. The Morgan fingerprint density at radius 2 is 1.88 bits per heavy atom. The van der Waals surface area contributed by atoms with E-state index < -0.39 is 11.6 Å². The molecule has 3 atom stereocenters. The van der Waals surface area contributed by atoms with Crippen LogP contribution in [0.2, 0.25) is 0 Å². The van der Waals surface area contributed by atoms with Crippen LogP contribution in [0.15, 0.2) is 36.4 Å². The van der Waals surface area contributed by atoms with Crippen molar-refractivity contribution in [3.63, 3.8) is 0 Å². The predicted molar refractivity (Wildman–Crippen MR) is 131 cm³/mol. The molecule has 7 heteroatoms. The van der Waals surface area contributed by atoms with Gasteiger partial charge in [0.25, 0.3) is 0 Å². The maximum Gasteiger partial charge on any atom is 0.217 e. The fraction of sp³-hybridized carbons (Fsp3) is 0.500. The molecule has 1 amide bonds. The Bertz CT molecular complexity index is 934. The maximum atomic E-state index is 13.6. The molecule has 0 saturated heterocycles. The van der Waals surface area contributed by atoms with E-state index in [1.54, 1.807) is 0 Å². The molecule has 33 heavy (non-hydrogen) atoms.